The number of non-ortho nitro benzene ring substituents is 1. The molecule has 0 saturated carbocycles. The number of hydrogen-bond donors (Lipinski definition) is 1. The standard InChI is InChI=1S/C23H18N4O4/c28-22-10-7-17-3-1-2-4-19(17)20(22)13-24-14-23(29)21-11-12-26(25-21)15-16-5-8-18(9-6-16)27(30)31/h1-13,28H,14-15H2. The van der Waals surface area contributed by atoms with Crippen LogP contribution < -0.4 is 0 Å². The molecule has 4 rings (SSSR count). The smallest absolute Gasteiger partial charge is 0.269 e. The fourth-order valence-electron chi connectivity index (χ4n) is 3.23. The van der Waals surface area contributed by atoms with Gasteiger partial charge in [0.15, 0.2) is 0 Å². The van der Waals surface area contributed by atoms with Gasteiger partial charge >= 0.3 is 0 Å². The predicted molar refractivity (Wildman–Crippen MR) is 117 cm³/mol. The molecule has 8 heteroatoms. The van der Waals surface area contributed by atoms with Crippen LogP contribution in [-0.2, 0) is 6.54 Å². The summed E-state index contributed by atoms with van der Waals surface area (Å²) in [4.78, 5) is 26.9. The zero-order chi connectivity index (χ0) is 21.8. The molecule has 1 N–H and O–H groups in total. The Morgan fingerprint density at radius 1 is 1.10 bits per heavy atom. The highest BCUT2D eigenvalue weighted by Gasteiger charge is 2.10. The van der Waals surface area contributed by atoms with E-state index in [1.165, 1.54) is 18.3 Å². The molecule has 0 aliphatic rings. The van der Waals surface area contributed by atoms with E-state index in [1.807, 2.05) is 30.3 Å². The molecule has 0 unspecified atom stereocenters. The Morgan fingerprint density at radius 2 is 1.87 bits per heavy atom. The number of hydrogen-bond acceptors (Lipinski definition) is 6. The molecule has 0 aliphatic heterocycles. The molecular weight excluding hydrogens is 396 g/mol. The van der Waals surface area contributed by atoms with E-state index in [-0.39, 0.29) is 29.5 Å². The van der Waals surface area contributed by atoms with Gasteiger partial charge in [0, 0.05) is 30.1 Å². The quantitative estimate of drug-likeness (QED) is 0.213. The molecule has 3 aromatic carbocycles. The van der Waals surface area contributed by atoms with E-state index in [9.17, 15) is 20.0 Å². The summed E-state index contributed by atoms with van der Waals surface area (Å²) in [6.45, 7) is 0.287. The SMILES string of the molecule is O=C(CN=Cc1c(O)ccc2ccccc12)c1ccn(Cc2ccc([N+](=O)[O-])cc2)n1. The number of carbonyl (C=O) groups is 1. The minimum Gasteiger partial charge on any atom is -0.507 e. The number of nitro benzene ring substituents is 1. The number of aliphatic imine (C=N–C) groups is 1. The highest BCUT2D eigenvalue weighted by molar-refractivity contribution is 6.03. The van der Waals surface area contributed by atoms with Crippen molar-refractivity contribution in [3.05, 3.63) is 99.9 Å². The summed E-state index contributed by atoms with van der Waals surface area (Å²) in [6.07, 6.45) is 3.18. The van der Waals surface area contributed by atoms with Crippen molar-refractivity contribution in [1.29, 1.82) is 0 Å². The van der Waals surface area contributed by atoms with Gasteiger partial charge in [0.05, 0.1) is 11.5 Å². The van der Waals surface area contributed by atoms with Crippen LogP contribution in [0.5, 0.6) is 5.75 Å². The monoisotopic (exact) mass is 414 g/mol. The molecule has 0 spiro atoms. The van der Waals surface area contributed by atoms with Crippen molar-refractivity contribution in [3.63, 3.8) is 0 Å². The van der Waals surface area contributed by atoms with Crippen molar-refractivity contribution in [2.45, 2.75) is 6.54 Å². The molecule has 154 valence electrons. The number of aromatic hydroxyl groups is 1. The number of carbonyl (C=O) groups excluding carboxylic acids is 1. The number of phenols is 1. The first-order chi connectivity index (χ1) is 15.0. The second-order valence-electron chi connectivity index (χ2n) is 6.93. The van der Waals surface area contributed by atoms with Crippen molar-refractivity contribution in [2.24, 2.45) is 4.99 Å². The Bertz CT molecular complexity index is 1290. The van der Waals surface area contributed by atoms with Crippen molar-refractivity contribution in [1.82, 2.24) is 9.78 Å². The fourth-order valence-corrected chi connectivity index (χ4v) is 3.23. The van der Waals surface area contributed by atoms with Crippen LogP contribution in [0.25, 0.3) is 10.8 Å². The molecule has 1 heterocycles. The average Bonchev–Trinajstić information content (AvgIpc) is 3.24. The highest BCUT2D eigenvalue weighted by Crippen LogP contribution is 2.25. The van der Waals surface area contributed by atoms with Crippen LogP contribution >= 0.6 is 0 Å². The number of ketones is 1. The summed E-state index contributed by atoms with van der Waals surface area (Å²) >= 11 is 0. The van der Waals surface area contributed by atoms with Crippen LogP contribution in [0.1, 0.15) is 21.6 Å². The number of nitro groups is 1. The first kappa shape index (κ1) is 20.0. The zero-order valence-electron chi connectivity index (χ0n) is 16.4. The van der Waals surface area contributed by atoms with E-state index in [1.54, 1.807) is 35.1 Å². The lowest BCUT2D eigenvalue weighted by molar-refractivity contribution is -0.384. The summed E-state index contributed by atoms with van der Waals surface area (Å²) < 4.78 is 1.59. The lowest BCUT2D eigenvalue weighted by atomic mass is 10.0. The number of aromatic nitrogens is 2. The summed E-state index contributed by atoms with van der Waals surface area (Å²) in [5.74, 6) is -0.152. The maximum absolute atomic E-state index is 12.4. The van der Waals surface area contributed by atoms with Gasteiger partial charge < -0.3 is 5.11 Å². The van der Waals surface area contributed by atoms with Gasteiger partial charge in [0.25, 0.3) is 5.69 Å². The molecule has 1 aromatic heterocycles. The second-order valence-corrected chi connectivity index (χ2v) is 6.93. The largest absolute Gasteiger partial charge is 0.507 e. The van der Waals surface area contributed by atoms with Gasteiger partial charge in [-0.15, -0.1) is 0 Å². The molecule has 0 fully saturated rings. The van der Waals surface area contributed by atoms with Crippen LogP contribution in [0.3, 0.4) is 0 Å². The van der Waals surface area contributed by atoms with Crippen molar-refractivity contribution >= 4 is 28.5 Å². The normalized spacial score (nSPS) is 11.2. The number of rotatable bonds is 7. The van der Waals surface area contributed by atoms with Crippen LogP contribution in [0, 0.1) is 10.1 Å². The molecule has 0 radical (unpaired) electrons. The Balaban J connectivity index is 1.43. The van der Waals surface area contributed by atoms with E-state index in [0.29, 0.717) is 12.1 Å². The molecule has 0 saturated heterocycles. The summed E-state index contributed by atoms with van der Waals surface area (Å²) in [6, 6.07) is 18.8. The van der Waals surface area contributed by atoms with E-state index in [0.717, 1.165) is 16.3 Å². The van der Waals surface area contributed by atoms with E-state index >= 15 is 0 Å². The van der Waals surface area contributed by atoms with Gasteiger partial charge in [-0.05, 0) is 28.5 Å². The molecule has 31 heavy (non-hydrogen) atoms. The van der Waals surface area contributed by atoms with Crippen LogP contribution in [-0.4, -0.2) is 38.4 Å². The minimum absolute atomic E-state index is 0.0233. The lowest BCUT2D eigenvalue weighted by Gasteiger charge is -2.04. The third-order valence-electron chi connectivity index (χ3n) is 4.82. The molecule has 0 bridgehead atoms. The first-order valence-corrected chi connectivity index (χ1v) is 9.52. The minimum atomic E-state index is -0.451. The van der Waals surface area contributed by atoms with Gasteiger partial charge in [0.1, 0.15) is 18.0 Å². The number of Topliss-reactive ketones (excluding diaryl/α,β-unsaturated/α-hetero) is 1. The molecular formula is C23H18N4O4. The Hall–Kier alpha value is -4.33. The zero-order valence-corrected chi connectivity index (χ0v) is 16.4. The maximum atomic E-state index is 12.4. The second kappa shape index (κ2) is 8.58. The Kier molecular flexibility index (Phi) is 5.53. The first-order valence-electron chi connectivity index (χ1n) is 9.52. The van der Waals surface area contributed by atoms with E-state index < -0.39 is 4.92 Å². The number of benzene rings is 3. The highest BCUT2D eigenvalue weighted by atomic mass is 16.6. The average molecular weight is 414 g/mol. The van der Waals surface area contributed by atoms with Crippen LogP contribution in [0.2, 0.25) is 0 Å². The van der Waals surface area contributed by atoms with Crippen LogP contribution in [0.15, 0.2) is 77.9 Å². The predicted octanol–water partition coefficient (Wildman–Crippen LogP) is 4.00. The summed E-state index contributed by atoms with van der Waals surface area (Å²) in [5.41, 5.74) is 1.70. The molecule has 4 aromatic rings. The fraction of sp³-hybridized carbons (Fsp3) is 0.0870. The molecule has 0 amide bonds. The molecule has 8 nitrogen and oxygen atoms in total. The van der Waals surface area contributed by atoms with Crippen LogP contribution in [0.4, 0.5) is 5.69 Å². The molecule has 0 atom stereocenters. The maximum Gasteiger partial charge on any atom is 0.269 e. The van der Waals surface area contributed by atoms with Gasteiger partial charge in [-0.2, -0.15) is 5.10 Å². The summed E-state index contributed by atoms with van der Waals surface area (Å²) in [5, 5.41) is 27.0. The third-order valence-corrected chi connectivity index (χ3v) is 4.82. The number of phenolic OH excluding ortho intramolecular Hbond substituents is 1. The van der Waals surface area contributed by atoms with Gasteiger partial charge in [-0.25, -0.2) is 0 Å². The number of fused-ring (bicyclic) bond motifs is 1. The topological polar surface area (TPSA) is 111 Å². The van der Waals surface area contributed by atoms with E-state index in [2.05, 4.69) is 10.1 Å². The van der Waals surface area contributed by atoms with Crippen molar-refractivity contribution in [2.75, 3.05) is 6.54 Å². The Labute approximate surface area is 177 Å². The van der Waals surface area contributed by atoms with Gasteiger partial charge in [-0.1, -0.05) is 42.5 Å². The Morgan fingerprint density at radius 3 is 2.65 bits per heavy atom. The van der Waals surface area contributed by atoms with Crippen molar-refractivity contribution < 1.29 is 14.8 Å². The van der Waals surface area contributed by atoms with Gasteiger partial charge in [-0.3, -0.25) is 24.6 Å². The van der Waals surface area contributed by atoms with E-state index in [4.69, 9.17) is 0 Å². The van der Waals surface area contributed by atoms with Gasteiger partial charge in [0.2, 0.25) is 5.78 Å². The van der Waals surface area contributed by atoms with Crippen molar-refractivity contribution in [3.8, 4) is 5.75 Å². The number of nitrogens with zero attached hydrogens (tertiary/aromatic N) is 4. The third kappa shape index (κ3) is 4.48. The lowest BCUT2D eigenvalue weighted by Crippen LogP contribution is -2.07. The molecule has 0 aliphatic carbocycles. The summed E-state index contributed by atoms with van der Waals surface area (Å²) in [7, 11) is 0.